The molecule has 0 unspecified atom stereocenters. The average molecular weight is 97.1 g/mol. The van der Waals surface area contributed by atoms with E-state index in [1.807, 2.05) is 13.0 Å². The monoisotopic (exact) mass is 97.1 g/mol. The Hall–Kier alpha value is -0.860. The predicted molar refractivity (Wildman–Crippen MR) is 26.6 cm³/mol. The van der Waals surface area contributed by atoms with Crippen molar-refractivity contribution in [3.63, 3.8) is 0 Å². The van der Waals surface area contributed by atoms with Gasteiger partial charge in [0.15, 0.2) is 0 Å². The van der Waals surface area contributed by atoms with E-state index in [1.54, 1.807) is 0 Å². The Bertz CT molecular complexity index is 114. The molecule has 0 atom stereocenters. The smallest absolute Gasteiger partial charge is 0.0595 e. The highest BCUT2D eigenvalue weighted by Crippen LogP contribution is 1.96. The lowest BCUT2D eigenvalue weighted by Crippen LogP contribution is -2.06. The number of nitrogens with one attached hydrogen (secondary N) is 1. The van der Waals surface area contributed by atoms with Gasteiger partial charge in [-0.25, -0.2) is 0 Å². The molecule has 1 heterocycles. The van der Waals surface area contributed by atoms with E-state index in [2.05, 4.69) is 15.8 Å². The fourth-order valence-corrected chi connectivity index (χ4v) is 0.389. The maximum absolute atomic E-state index is 3.70. The second kappa shape index (κ2) is 1.73. The van der Waals surface area contributed by atoms with Crippen molar-refractivity contribution in [3.05, 3.63) is 11.8 Å². The van der Waals surface area contributed by atoms with Gasteiger partial charge < -0.3 is 0 Å². The van der Waals surface area contributed by atoms with Crippen LogP contribution in [0.1, 0.15) is 6.92 Å². The molecular weight excluding hydrogens is 90.1 g/mol. The lowest BCUT2D eigenvalue weighted by molar-refractivity contribution is 0.720. The Kier molecular flexibility index (Phi) is 1.06. The second-order valence-corrected chi connectivity index (χ2v) is 1.41. The molecule has 3 nitrogen and oxygen atoms in total. The molecule has 0 aromatic rings. The highest BCUT2D eigenvalue weighted by molar-refractivity contribution is 4.97. The molecule has 0 radical (unpaired) electrons. The van der Waals surface area contributed by atoms with Crippen molar-refractivity contribution in [2.24, 2.45) is 10.3 Å². The molecule has 1 aliphatic rings. The van der Waals surface area contributed by atoms with Gasteiger partial charge in [0.2, 0.25) is 0 Å². The standard InChI is InChI=1S/C4H7N3/c1-4-2-3-5-7-6-4/h2H,3H2,1H3,(H,5,6). The van der Waals surface area contributed by atoms with E-state index in [9.17, 15) is 0 Å². The van der Waals surface area contributed by atoms with Crippen LogP contribution in [0.25, 0.3) is 0 Å². The Morgan fingerprint density at radius 3 is 3.00 bits per heavy atom. The summed E-state index contributed by atoms with van der Waals surface area (Å²) in [6, 6.07) is 0. The van der Waals surface area contributed by atoms with Crippen LogP contribution in [0.4, 0.5) is 0 Å². The molecule has 1 aliphatic heterocycles. The van der Waals surface area contributed by atoms with E-state index in [1.165, 1.54) is 0 Å². The molecule has 0 aromatic carbocycles. The number of nitrogens with zero attached hydrogens (tertiary/aromatic N) is 2. The van der Waals surface area contributed by atoms with E-state index < -0.39 is 0 Å². The number of rotatable bonds is 0. The molecule has 0 spiro atoms. The van der Waals surface area contributed by atoms with Crippen LogP contribution in [0.15, 0.2) is 22.1 Å². The first kappa shape index (κ1) is 4.30. The topological polar surface area (TPSA) is 36.8 Å². The zero-order chi connectivity index (χ0) is 5.11. The zero-order valence-electron chi connectivity index (χ0n) is 4.18. The molecule has 1 rings (SSSR count). The van der Waals surface area contributed by atoms with Crippen LogP contribution in [0, 0.1) is 0 Å². The number of allylic oxidation sites excluding steroid dienone is 1. The maximum atomic E-state index is 3.70. The Labute approximate surface area is 42.1 Å². The fraction of sp³-hybridized carbons (Fsp3) is 0.500. The molecule has 0 aliphatic carbocycles. The van der Waals surface area contributed by atoms with Gasteiger partial charge in [-0.3, -0.25) is 5.43 Å². The van der Waals surface area contributed by atoms with Crippen LogP contribution in [0.3, 0.4) is 0 Å². The Balaban J connectivity index is 2.58. The van der Waals surface area contributed by atoms with Crippen LogP contribution in [-0.4, -0.2) is 6.54 Å². The third kappa shape index (κ3) is 0.994. The van der Waals surface area contributed by atoms with Gasteiger partial charge in [0.1, 0.15) is 0 Å². The summed E-state index contributed by atoms with van der Waals surface area (Å²) in [4.78, 5) is 0. The minimum atomic E-state index is 0.815. The zero-order valence-corrected chi connectivity index (χ0v) is 4.18. The third-order valence-electron chi connectivity index (χ3n) is 0.767. The van der Waals surface area contributed by atoms with E-state index >= 15 is 0 Å². The van der Waals surface area contributed by atoms with Crippen molar-refractivity contribution in [1.29, 1.82) is 0 Å². The first-order valence-corrected chi connectivity index (χ1v) is 2.20. The summed E-state index contributed by atoms with van der Waals surface area (Å²) >= 11 is 0. The first-order chi connectivity index (χ1) is 3.39. The summed E-state index contributed by atoms with van der Waals surface area (Å²) in [5.74, 6) is 0. The molecule has 0 amide bonds. The van der Waals surface area contributed by atoms with Crippen LogP contribution in [-0.2, 0) is 0 Å². The Morgan fingerprint density at radius 1 is 1.86 bits per heavy atom. The van der Waals surface area contributed by atoms with Gasteiger partial charge in [0.05, 0.1) is 12.2 Å². The van der Waals surface area contributed by atoms with Crippen molar-refractivity contribution in [1.82, 2.24) is 5.43 Å². The second-order valence-electron chi connectivity index (χ2n) is 1.41. The van der Waals surface area contributed by atoms with Gasteiger partial charge >= 0.3 is 0 Å². The van der Waals surface area contributed by atoms with Crippen molar-refractivity contribution in [2.45, 2.75) is 6.92 Å². The third-order valence-corrected chi connectivity index (χ3v) is 0.767. The first-order valence-electron chi connectivity index (χ1n) is 2.20. The molecule has 38 valence electrons. The summed E-state index contributed by atoms with van der Waals surface area (Å²) in [6.45, 7) is 2.74. The number of hydrogen-bond donors (Lipinski definition) is 1. The minimum absolute atomic E-state index is 0.815. The van der Waals surface area contributed by atoms with Gasteiger partial charge in [-0.2, -0.15) is 0 Å². The quantitative estimate of drug-likeness (QED) is 0.478. The van der Waals surface area contributed by atoms with Crippen LogP contribution >= 0.6 is 0 Å². The maximum Gasteiger partial charge on any atom is 0.0595 e. The van der Waals surface area contributed by atoms with Gasteiger partial charge in [0.25, 0.3) is 0 Å². The highest BCUT2D eigenvalue weighted by Gasteiger charge is 1.86. The highest BCUT2D eigenvalue weighted by atomic mass is 15.4. The van der Waals surface area contributed by atoms with Crippen molar-refractivity contribution in [2.75, 3.05) is 6.54 Å². The normalized spacial score (nSPS) is 18.1. The molecule has 0 saturated heterocycles. The molecule has 0 fully saturated rings. The molecule has 0 aromatic heterocycles. The summed E-state index contributed by atoms with van der Waals surface area (Å²) < 4.78 is 0. The summed E-state index contributed by atoms with van der Waals surface area (Å²) in [5.41, 5.74) is 3.68. The molecule has 0 bridgehead atoms. The number of hydrogen-bond acceptors (Lipinski definition) is 3. The van der Waals surface area contributed by atoms with Crippen molar-refractivity contribution < 1.29 is 0 Å². The molecular formula is C4H7N3. The Morgan fingerprint density at radius 2 is 2.71 bits per heavy atom. The van der Waals surface area contributed by atoms with Crippen LogP contribution in [0.2, 0.25) is 0 Å². The molecule has 1 N–H and O–H groups in total. The summed E-state index contributed by atoms with van der Waals surface area (Å²) in [6.07, 6.45) is 1.98. The summed E-state index contributed by atoms with van der Waals surface area (Å²) in [7, 11) is 0. The molecule has 7 heavy (non-hydrogen) atoms. The van der Waals surface area contributed by atoms with Crippen LogP contribution in [0.5, 0.6) is 0 Å². The molecule has 0 saturated carbocycles. The lowest BCUT2D eigenvalue weighted by atomic mass is 10.4. The minimum Gasteiger partial charge on any atom is -0.288 e. The lowest BCUT2D eigenvalue weighted by Gasteiger charge is -1.98. The molecule has 3 heteroatoms. The SMILES string of the molecule is CC1=CCNN=N1. The van der Waals surface area contributed by atoms with E-state index in [4.69, 9.17) is 0 Å². The predicted octanol–water partition coefficient (Wildman–Crippen LogP) is 0.861. The van der Waals surface area contributed by atoms with Crippen LogP contribution < -0.4 is 5.43 Å². The van der Waals surface area contributed by atoms with Gasteiger partial charge in [-0.15, -0.1) is 5.11 Å². The van der Waals surface area contributed by atoms with Gasteiger partial charge in [-0.1, -0.05) is 5.22 Å². The van der Waals surface area contributed by atoms with Crippen molar-refractivity contribution in [3.8, 4) is 0 Å². The van der Waals surface area contributed by atoms with E-state index in [0.29, 0.717) is 0 Å². The van der Waals surface area contributed by atoms with E-state index in [-0.39, 0.29) is 0 Å². The fourth-order valence-electron chi connectivity index (χ4n) is 0.389. The summed E-state index contributed by atoms with van der Waals surface area (Å²) in [5, 5.41) is 7.27. The average Bonchev–Trinajstić information content (AvgIpc) is 1.69. The van der Waals surface area contributed by atoms with Gasteiger partial charge in [0, 0.05) is 0 Å². The van der Waals surface area contributed by atoms with Crippen molar-refractivity contribution >= 4 is 0 Å². The van der Waals surface area contributed by atoms with Gasteiger partial charge in [-0.05, 0) is 13.0 Å². The van der Waals surface area contributed by atoms with E-state index in [0.717, 1.165) is 12.2 Å². The largest absolute Gasteiger partial charge is 0.288 e.